The van der Waals surface area contributed by atoms with Crippen molar-refractivity contribution in [2.24, 2.45) is 4.99 Å². The van der Waals surface area contributed by atoms with E-state index in [-0.39, 0.29) is 11.7 Å². The zero-order chi connectivity index (χ0) is 17.3. The zero-order valence-corrected chi connectivity index (χ0v) is 14.8. The number of amides is 1. The number of benzene rings is 2. The first-order valence-electron chi connectivity index (χ1n) is 6.91. The van der Waals surface area contributed by atoms with E-state index in [1.54, 1.807) is 43.5 Å². The van der Waals surface area contributed by atoms with Gasteiger partial charge in [-0.1, -0.05) is 35.3 Å². The smallest absolute Gasteiger partial charge is 0.266 e. The number of likely N-dealkylation sites (N-methyl/N-ethyl adjacent to an activating group) is 1. The van der Waals surface area contributed by atoms with Gasteiger partial charge in [0.15, 0.2) is 5.17 Å². The Morgan fingerprint density at radius 1 is 1.17 bits per heavy atom. The number of halogens is 3. The van der Waals surface area contributed by atoms with E-state index in [9.17, 15) is 9.18 Å². The van der Waals surface area contributed by atoms with Crippen molar-refractivity contribution in [3.8, 4) is 0 Å². The summed E-state index contributed by atoms with van der Waals surface area (Å²) in [5.74, 6) is -0.518. The average molecular weight is 381 g/mol. The number of thioether (sulfide) groups is 1. The first-order valence-corrected chi connectivity index (χ1v) is 8.49. The normalized spacial score (nSPS) is 18.0. The highest BCUT2D eigenvalue weighted by molar-refractivity contribution is 8.18. The van der Waals surface area contributed by atoms with Crippen LogP contribution in [0.5, 0.6) is 0 Å². The topological polar surface area (TPSA) is 32.7 Å². The van der Waals surface area contributed by atoms with Gasteiger partial charge in [0.05, 0.1) is 20.6 Å². The Morgan fingerprint density at radius 3 is 2.58 bits per heavy atom. The van der Waals surface area contributed by atoms with E-state index in [0.717, 1.165) is 0 Å². The maximum Gasteiger partial charge on any atom is 0.266 e. The fraction of sp³-hybridized carbons (Fsp3) is 0.0588. The van der Waals surface area contributed by atoms with Gasteiger partial charge in [-0.3, -0.25) is 9.69 Å². The highest BCUT2D eigenvalue weighted by Gasteiger charge is 2.30. The van der Waals surface area contributed by atoms with Crippen molar-refractivity contribution in [2.45, 2.75) is 0 Å². The molecule has 0 saturated carbocycles. The van der Waals surface area contributed by atoms with Crippen molar-refractivity contribution in [3.63, 3.8) is 0 Å². The van der Waals surface area contributed by atoms with Crippen molar-refractivity contribution in [3.05, 3.63) is 68.8 Å². The van der Waals surface area contributed by atoms with Crippen molar-refractivity contribution >= 4 is 57.8 Å². The van der Waals surface area contributed by atoms with Crippen LogP contribution in [0, 0.1) is 5.82 Å². The van der Waals surface area contributed by atoms with E-state index in [4.69, 9.17) is 23.2 Å². The molecule has 1 amide bonds. The average Bonchev–Trinajstić information content (AvgIpc) is 2.82. The lowest BCUT2D eigenvalue weighted by Gasteiger charge is -2.07. The zero-order valence-electron chi connectivity index (χ0n) is 12.5. The number of rotatable bonds is 2. The van der Waals surface area contributed by atoms with E-state index >= 15 is 0 Å². The second-order valence-electron chi connectivity index (χ2n) is 4.99. The predicted octanol–water partition coefficient (Wildman–Crippen LogP) is 5.37. The fourth-order valence-corrected chi connectivity index (χ4v) is 3.39. The Kier molecular flexibility index (Phi) is 4.94. The van der Waals surface area contributed by atoms with Gasteiger partial charge < -0.3 is 0 Å². The summed E-state index contributed by atoms with van der Waals surface area (Å²) >= 11 is 13.4. The van der Waals surface area contributed by atoms with E-state index in [2.05, 4.69) is 4.99 Å². The molecule has 0 atom stereocenters. The molecule has 0 radical (unpaired) electrons. The van der Waals surface area contributed by atoms with Gasteiger partial charge in [-0.05, 0) is 53.7 Å². The largest absolute Gasteiger partial charge is 0.290 e. The van der Waals surface area contributed by atoms with E-state index < -0.39 is 0 Å². The molecule has 0 N–H and O–H groups in total. The van der Waals surface area contributed by atoms with Gasteiger partial charge >= 0.3 is 0 Å². The third-order valence-electron chi connectivity index (χ3n) is 3.32. The minimum absolute atomic E-state index is 0.183. The molecule has 1 fully saturated rings. The molecule has 1 aliphatic rings. The molecule has 2 aromatic rings. The number of hydrogen-bond acceptors (Lipinski definition) is 3. The molecule has 3 nitrogen and oxygen atoms in total. The third kappa shape index (κ3) is 3.48. The number of aliphatic imine (C=N–C) groups is 1. The minimum atomic E-state index is -0.335. The molecule has 3 rings (SSSR count). The molecule has 1 saturated heterocycles. The van der Waals surface area contributed by atoms with Crippen molar-refractivity contribution in [1.82, 2.24) is 4.90 Å². The van der Waals surface area contributed by atoms with E-state index in [1.165, 1.54) is 28.8 Å². The standard InChI is InChI=1S/C17H11Cl2FN2OS/c1-22-16(23)14(9-10-3-2-4-13(18)15(10)19)24-17(22)21-12-7-5-11(20)6-8-12/h2-9H,1H3/b14-9+,21-17?. The highest BCUT2D eigenvalue weighted by Crippen LogP contribution is 2.35. The summed E-state index contributed by atoms with van der Waals surface area (Å²) < 4.78 is 13.0. The SMILES string of the molecule is CN1C(=O)/C(=C\c2cccc(Cl)c2Cl)SC1=Nc1ccc(F)cc1. The summed E-state index contributed by atoms with van der Waals surface area (Å²) in [5.41, 5.74) is 1.23. The van der Waals surface area contributed by atoms with Crippen LogP contribution < -0.4 is 0 Å². The molecule has 0 unspecified atom stereocenters. The van der Waals surface area contributed by atoms with Crippen LogP contribution in [0.25, 0.3) is 6.08 Å². The van der Waals surface area contributed by atoms with Gasteiger partial charge in [0.1, 0.15) is 5.82 Å². The molecule has 122 valence electrons. The maximum absolute atomic E-state index is 13.0. The Labute approximate surface area is 152 Å². The third-order valence-corrected chi connectivity index (χ3v) is 5.22. The molecule has 1 heterocycles. The lowest BCUT2D eigenvalue weighted by molar-refractivity contribution is -0.121. The Hall–Kier alpha value is -1.82. The number of nitrogens with zero attached hydrogens (tertiary/aromatic N) is 2. The quantitative estimate of drug-likeness (QED) is 0.656. The van der Waals surface area contributed by atoms with Crippen molar-refractivity contribution in [1.29, 1.82) is 0 Å². The van der Waals surface area contributed by atoms with Crippen LogP contribution in [0.15, 0.2) is 52.4 Å². The maximum atomic E-state index is 13.0. The number of amidine groups is 1. The minimum Gasteiger partial charge on any atom is -0.290 e. The van der Waals surface area contributed by atoms with E-state index in [1.807, 2.05) is 0 Å². The lowest BCUT2D eigenvalue weighted by Crippen LogP contribution is -2.23. The first kappa shape index (κ1) is 17.0. The Morgan fingerprint density at radius 2 is 1.88 bits per heavy atom. The summed E-state index contributed by atoms with van der Waals surface area (Å²) in [5, 5.41) is 1.33. The molecule has 24 heavy (non-hydrogen) atoms. The molecule has 7 heteroatoms. The van der Waals surface area contributed by atoms with Gasteiger partial charge in [0.2, 0.25) is 0 Å². The van der Waals surface area contributed by atoms with Crippen LogP contribution >= 0.6 is 35.0 Å². The van der Waals surface area contributed by atoms with Crippen LogP contribution in [-0.4, -0.2) is 23.0 Å². The van der Waals surface area contributed by atoms with Gasteiger partial charge in [-0.25, -0.2) is 9.38 Å². The summed E-state index contributed by atoms with van der Waals surface area (Å²) in [4.78, 5) is 18.7. The van der Waals surface area contributed by atoms with Crippen LogP contribution in [0.3, 0.4) is 0 Å². The highest BCUT2D eigenvalue weighted by atomic mass is 35.5. The molecule has 0 spiro atoms. The molecule has 1 aliphatic heterocycles. The second-order valence-corrected chi connectivity index (χ2v) is 6.78. The van der Waals surface area contributed by atoms with Crippen molar-refractivity contribution < 1.29 is 9.18 Å². The first-order chi connectivity index (χ1) is 11.5. The molecule has 0 bridgehead atoms. The van der Waals surface area contributed by atoms with Gasteiger partial charge in [0.25, 0.3) is 5.91 Å². The monoisotopic (exact) mass is 380 g/mol. The van der Waals surface area contributed by atoms with Crippen LogP contribution in [-0.2, 0) is 4.79 Å². The second kappa shape index (κ2) is 6.97. The number of carbonyl (C=O) groups excluding carboxylic acids is 1. The Balaban J connectivity index is 1.92. The van der Waals surface area contributed by atoms with Gasteiger partial charge in [-0.2, -0.15) is 0 Å². The molecule has 0 aromatic heterocycles. The van der Waals surface area contributed by atoms with Gasteiger partial charge in [0, 0.05) is 7.05 Å². The lowest BCUT2D eigenvalue weighted by atomic mass is 10.2. The van der Waals surface area contributed by atoms with Crippen molar-refractivity contribution in [2.75, 3.05) is 7.05 Å². The number of hydrogen-bond donors (Lipinski definition) is 0. The summed E-state index contributed by atoms with van der Waals surface area (Å²) in [7, 11) is 1.64. The summed E-state index contributed by atoms with van der Waals surface area (Å²) in [6.07, 6.45) is 1.69. The fourth-order valence-electron chi connectivity index (χ4n) is 2.05. The Bertz CT molecular complexity index is 865. The van der Waals surface area contributed by atoms with Crippen LogP contribution in [0.2, 0.25) is 10.0 Å². The van der Waals surface area contributed by atoms with Crippen LogP contribution in [0.1, 0.15) is 5.56 Å². The molecular weight excluding hydrogens is 370 g/mol. The molecular formula is C17H11Cl2FN2OS. The predicted molar refractivity (Wildman–Crippen MR) is 98.3 cm³/mol. The molecule has 0 aliphatic carbocycles. The van der Waals surface area contributed by atoms with Gasteiger partial charge in [-0.15, -0.1) is 0 Å². The summed E-state index contributed by atoms with van der Waals surface area (Å²) in [6.45, 7) is 0. The summed E-state index contributed by atoms with van der Waals surface area (Å²) in [6, 6.07) is 11.0. The molecule has 2 aromatic carbocycles. The van der Waals surface area contributed by atoms with Crippen LogP contribution in [0.4, 0.5) is 10.1 Å². The van der Waals surface area contributed by atoms with E-state index in [0.29, 0.717) is 31.4 Å². The number of carbonyl (C=O) groups is 1.